The molecule has 0 heterocycles. The summed E-state index contributed by atoms with van der Waals surface area (Å²) in [5, 5.41) is 12.3. The quantitative estimate of drug-likeness (QED) is 0.927. The van der Waals surface area contributed by atoms with Gasteiger partial charge in [0.15, 0.2) is 6.61 Å². The third kappa shape index (κ3) is 3.79. The summed E-state index contributed by atoms with van der Waals surface area (Å²) in [6, 6.07) is 6.37. The predicted octanol–water partition coefficient (Wildman–Crippen LogP) is 3.33. The first kappa shape index (κ1) is 16.4. The summed E-state index contributed by atoms with van der Waals surface area (Å²) in [6.07, 6.45) is 4.59. The summed E-state index contributed by atoms with van der Waals surface area (Å²) in [7, 11) is 0. The van der Waals surface area contributed by atoms with E-state index in [2.05, 4.69) is 11.4 Å². The molecule has 1 aliphatic rings. The van der Waals surface area contributed by atoms with E-state index in [1.807, 2.05) is 32.9 Å². The van der Waals surface area contributed by atoms with Gasteiger partial charge in [0.05, 0.1) is 6.07 Å². The Morgan fingerprint density at radius 3 is 2.36 bits per heavy atom. The molecule has 4 heteroatoms. The van der Waals surface area contributed by atoms with Crippen LogP contribution >= 0.6 is 0 Å². The number of aryl methyl sites for hydroxylation is 3. The Bertz CT molecular complexity index is 573. The van der Waals surface area contributed by atoms with Crippen molar-refractivity contribution in [2.75, 3.05) is 6.61 Å². The van der Waals surface area contributed by atoms with Crippen molar-refractivity contribution >= 4 is 5.91 Å². The molecule has 4 nitrogen and oxygen atoms in total. The van der Waals surface area contributed by atoms with Gasteiger partial charge in [-0.25, -0.2) is 0 Å². The van der Waals surface area contributed by atoms with E-state index in [4.69, 9.17) is 4.74 Å². The van der Waals surface area contributed by atoms with Crippen molar-refractivity contribution in [2.24, 2.45) is 0 Å². The van der Waals surface area contributed by atoms with Crippen LogP contribution < -0.4 is 10.1 Å². The summed E-state index contributed by atoms with van der Waals surface area (Å²) in [4.78, 5) is 12.2. The van der Waals surface area contributed by atoms with Crippen molar-refractivity contribution in [3.05, 3.63) is 28.8 Å². The number of carbonyl (C=O) groups is 1. The number of amides is 1. The SMILES string of the molecule is Cc1cc(C)c(OCC(=O)NC2(C#N)CCCCC2)c(C)c1. The molecule has 2 rings (SSSR count). The molecule has 0 radical (unpaired) electrons. The normalized spacial score (nSPS) is 16.6. The van der Waals surface area contributed by atoms with Crippen LogP contribution in [0, 0.1) is 32.1 Å². The number of hydrogen-bond acceptors (Lipinski definition) is 3. The van der Waals surface area contributed by atoms with Crippen molar-refractivity contribution in [1.82, 2.24) is 5.32 Å². The number of ether oxygens (including phenoxy) is 1. The second-order valence-electron chi connectivity index (χ2n) is 6.32. The smallest absolute Gasteiger partial charge is 0.259 e. The number of nitrogens with one attached hydrogen (secondary N) is 1. The lowest BCUT2D eigenvalue weighted by Crippen LogP contribution is -2.50. The monoisotopic (exact) mass is 300 g/mol. The van der Waals surface area contributed by atoms with Crippen LogP contribution in [0.2, 0.25) is 0 Å². The van der Waals surface area contributed by atoms with Gasteiger partial charge < -0.3 is 10.1 Å². The number of hydrogen-bond donors (Lipinski definition) is 1. The molecule has 1 aromatic rings. The lowest BCUT2D eigenvalue weighted by Gasteiger charge is -2.31. The van der Waals surface area contributed by atoms with Gasteiger partial charge in [-0.1, -0.05) is 37.0 Å². The molecule has 0 spiro atoms. The van der Waals surface area contributed by atoms with E-state index in [0.29, 0.717) is 0 Å². The molecule has 0 atom stereocenters. The molecule has 1 fully saturated rings. The van der Waals surface area contributed by atoms with Crippen LogP contribution in [0.5, 0.6) is 5.75 Å². The maximum atomic E-state index is 12.2. The summed E-state index contributed by atoms with van der Waals surface area (Å²) in [5.41, 5.74) is 2.53. The van der Waals surface area contributed by atoms with Crippen molar-refractivity contribution in [3.63, 3.8) is 0 Å². The Morgan fingerprint density at radius 2 is 1.82 bits per heavy atom. The second-order valence-corrected chi connectivity index (χ2v) is 6.32. The first-order valence-electron chi connectivity index (χ1n) is 7.89. The molecule has 22 heavy (non-hydrogen) atoms. The first-order chi connectivity index (χ1) is 10.5. The zero-order valence-electron chi connectivity index (χ0n) is 13.7. The van der Waals surface area contributed by atoms with E-state index < -0.39 is 5.54 Å². The Labute approximate surface area is 132 Å². The van der Waals surface area contributed by atoms with Crippen LogP contribution in [-0.4, -0.2) is 18.1 Å². The maximum Gasteiger partial charge on any atom is 0.259 e. The van der Waals surface area contributed by atoms with Crippen LogP contribution in [0.1, 0.15) is 48.8 Å². The zero-order valence-corrected chi connectivity index (χ0v) is 13.7. The van der Waals surface area contributed by atoms with Gasteiger partial charge in [0.2, 0.25) is 0 Å². The van der Waals surface area contributed by atoms with E-state index in [-0.39, 0.29) is 12.5 Å². The van der Waals surface area contributed by atoms with Gasteiger partial charge in [0.1, 0.15) is 11.3 Å². The lowest BCUT2D eigenvalue weighted by atomic mass is 9.83. The molecule has 1 saturated carbocycles. The Morgan fingerprint density at radius 1 is 1.23 bits per heavy atom. The number of nitriles is 1. The Hall–Kier alpha value is -2.02. The van der Waals surface area contributed by atoms with Gasteiger partial charge in [-0.15, -0.1) is 0 Å². The van der Waals surface area contributed by atoms with E-state index in [0.717, 1.165) is 49.0 Å². The van der Waals surface area contributed by atoms with Crippen LogP contribution in [0.3, 0.4) is 0 Å². The minimum absolute atomic E-state index is 0.0474. The van der Waals surface area contributed by atoms with Gasteiger partial charge in [-0.05, 0) is 44.7 Å². The Kier molecular flexibility index (Phi) is 5.07. The summed E-state index contributed by atoms with van der Waals surface area (Å²) >= 11 is 0. The molecular formula is C18H24N2O2. The van der Waals surface area contributed by atoms with Crippen molar-refractivity contribution < 1.29 is 9.53 Å². The van der Waals surface area contributed by atoms with Crippen LogP contribution in [0.25, 0.3) is 0 Å². The Balaban J connectivity index is 1.97. The molecule has 0 aliphatic heterocycles. The molecule has 118 valence electrons. The average molecular weight is 300 g/mol. The van der Waals surface area contributed by atoms with Crippen molar-refractivity contribution in [2.45, 2.75) is 58.4 Å². The zero-order chi connectivity index (χ0) is 16.2. The molecule has 0 aromatic heterocycles. The fourth-order valence-electron chi connectivity index (χ4n) is 3.26. The van der Waals surface area contributed by atoms with Gasteiger partial charge in [-0.2, -0.15) is 5.26 Å². The van der Waals surface area contributed by atoms with Crippen LogP contribution in [0.4, 0.5) is 0 Å². The largest absolute Gasteiger partial charge is 0.483 e. The lowest BCUT2D eigenvalue weighted by molar-refractivity contribution is -0.124. The highest BCUT2D eigenvalue weighted by atomic mass is 16.5. The minimum atomic E-state index is -0.698. The van der Waals surface area contributed by atoms with Crippen molar-refractivity contribution in [3.8, 4) is 11.8 Å². The van der Waals surface area contributed by atoms with E-state index in [1.54, 1.807) is 0 Å². The number of rotatable bonds is 4. The van der Waals surface area contributed by atoms with E-state index >= 15 is 0 Å². The fourth-order valence-corrected chi connectivity index (χ4v) is 3.26. The van der Waals surface area contributed by atoms with Gasteiger partial charge in [0, 0.05) is 0 Å². The average Bonchev–Trinajstić information content (AvgIpc) is 2.47. The molecule has 1 aromatic carbocycles. The molecule has 1 N–H and O–H groups in total. The van der Waals surface area contributed by atoms with Crippen molar-refractivity contribution in [1.29, 1.82) is 5.26 Å². The molecule has 0 bridgehead atoms. The maximum absolute atomic E-state index is 12.2. The highest BCUT2D eigenvalue weighted by molar-refractivity contribution is 5.79. The number of carbonyl (C=O) groups excluding carboxylic acids is 1. The number of nitrogens with zero attached hydrogens (tertiary/aromatic N) is 1. The topological polar surface area (TPSA) is 62.1 Å². The second kappa shape index (κ2) is 6.83. The summed E-state index contributed by atoms with van der Waals surface area (Å²) < 4.78 is 5.69. The van der Waals surface area contributed by atoms with Crippen LogP contribution in [0.15, 0.2) is 12.1 Å². The standard InChI is InChI=1S/C18H24N2O2/c1-13-9-14(2)17(15(3)10-13)22-11-16(21)20-18(12-19)7-5-4-6-8-18/h9-10H,4-8,11H2,1-3H3,(H,20,21). The van der Waals surface area contributed by atoms with E-state index in [1.165, 1.54) is 5.56 Å². The summed E-state index contributed by atoms with van der Waals surface area (Å²) in [5.74, 6) is 0.540. The van der Waals surface area contributed by atoms with E-state index in [9.17, 15) is 10.1 Å². The predicted molar refractivity (Wildman–Crippen MR) is 85.7 cm³/mol. The highest BCUT2D eigenvalue weighted by Crippen LogP contribution is 2.28. The van der Waals surface area contributed by atoms with Gasteiger partial charge in [0.25, 0.3) is 5.91 Å². The third-order valence-electron chi connectivity index (χ3n) is 4.25. The third-order valence-corrected chi connectivity index (χ3v) is 4.25. The molecule has 0 saturated heterocycles. The molecule has 1 aliphatic carbocycles. The highest BCUT2D eigenvalue weighted by Gasteiger charge is 2.33. The first-order valence-corrected chi connectivity index (χ1v) is 7.89. The molecular weight excluding hydrogens is 276 g/mol. The molecule has 0 unspecified atom stereocenters. The summed E-state index contributed by atoms with van der Waals surface area (Å²) in [6.45, 7) is 5.95. The number of benzene rings is 1. The minimum Gasteiger partial charge on any atom is -0.483 e. The van der Waals surface area contributed by atoms with Gasteiger partial charge >= 0.3 is 0 Å². The fraction of sp³-hybridized carbons (Fsp3) is 0.556. The molecule has 1 amide bonds. The van der Waals surface area contributed by atoms with Gasteiger partial charge in [-0.3, -0.25) is 4.79 Å². The van der Waals surface area contributed by atoms with Crippen LogP contribution in [-0.2, 0) is 4.79 Å².